The Morgan fingerprint density at radius 2 is 2.18 bits per heavy atom. The number of carboxylic acids is 1. The van der Waals surface area contributed by atoms with Crippen molar-refractivity contribution in [3.8, 4) is 0 Å². The number of aromatic nitrogens is 1. The SMILES string of the molecule is N=C(N)/C(=C\SC1=C(C(=O)O)N2C(=O)C(NC(=O)/C(=N\O)c3nc(N)sc3F)[C@H]2SC1)CO. The molecule has 1 fully saturated rings. The van der Waals surface area contributed by atoms with Crippen molar-refractivity contribution in [2.45, 2.75) is 11.4 Å². The van der Waals surface area contributed by atoms with Crippen LogP contribution in [-0.4, -0.2) is 78.4 Å². The van der Waals surface area contributed by atoms with E-state index in [-0.39, 0.29) is 32.9 Å². The summed E-state index contributed by atoms with van der Waals surface area (Å²) >= 11 is 2.49. The summed E-state index contributed by atoms with van der Waals surface area (Å²) < 4.78 is 13.9. The van der Waals surface area contributed by atoms with Crippen LogP contribution in [0.2, 0.25) is 0 Å². The van der Waals surface area contributed by atoms with E-state index in [0.717, 1.165) is 28.4 Å². The second kappa shape index (κ2) is 9.77. The second-order valence-electron chi connectivity index (χ2n) is 6.39. The highest BCUT2D eigenvalue weighted by molar-refractivity contribution is 8.08. The summed E-state index contributed by atoms with van der Waals surface area (Å²) in [4.78, 5) is 41.9. The largest absolute Gasteiger partial charge is 0.477 e. The summed E-state index contributed by atoms with van der Waals surface area (Å²) in [6.45, 7) is -0.523. The zero-order chi connectivity index (χ0) is 24.4. The standard InChI is InChI=1S/C16H16FN7O6S3/c17-10-6(22-16(20)33-10)7(23-30)12(26)21-8-13(27)24-9(15(28)29)5(3-32-14(8)24)31-2-4(1-25)11(18)19/h2,8,14,25,30H,1,3H2,(H3,18,19)(H2,20,22)(H,21,26)(H,28,29)/b4-2-,23-7-/t8?,14-/m1/s1. The first-order valence-electron chi connectivity index (χ1n) is 8.77. The minimum Gasteiger partial charge on any atom is -0.477 e. The van der Waals surface area contributed by atoms with E-state index in [9.17, 15) is 29.0 Å². The molecule has 33 heavy (non-hydrogen) atoms. The summed E-state index contributed by atoms with van der Waals surface area (Å²) in [5, 5.41) is 39.8. The number of anilines is 1. The van der Waals surface area contributed by atoms with Gasteiger partial charge in [-0.3, -0.25) is 19.9 Å². The van der Waals surface area contributed by atoms with Crippen LogP contribution < -0.4 is 16.8 Å². The van der Waals surface area contributed by atoms with Crippen LogP contribution in [0.4, 0.5) is 9.52 Å². The topological polar surface area (TPSA) is 228 Å². The Bertz CT molecular complexity index is 1130. The summed E-state index contributed by atoms with van der Waals surface area (Å²) in [6.07, 6.45) is 0. The van der Waals surface area contributed by atoms with Crippen LogP contribution in [0.15, 0.2) is 26.7 Å². The van der Waals surface area contributed by atoms with Crippen molar-refractivity contribution in [1.82, 2.24) is 15.2 Å². The molecule has 9 N–H and O–H groups in total. The number of β-lactam (4-membered cyclic amide) rings is 1. The van der Waals surface area contributed by atoms with Crippen LogP contribution in [0.1, 0.15) is 5.69 Å². The number of carbonyl (C=O) groups excluding carboxylic acids is 2. The number of aliphatic hydroxyl groups is 1. The van der Waals surface area contributed by atoms with E-state index < -0.39 is 52.3 Å². The van der Waals surface area contributed by atoms with Gasteiger partial charge in [-0.15, -0.1) is 11.8 Å². The van der Waals surface area contributed by atoms with Gasteiger partial charge in [-0.25, -0.2) is 9.78 Å². The summed E-state index contributed by atoms with van der Waals surface area (Å²) in [6, 6.07) is -1.17. The third-order valence-electron chi connectivity index (χ3n) is 4.42. The minimum absolute atomic E-state index is 0.0789. The average molecular weight is 518 g/mol. The number of nitrogens with one attached hydrogen (secondary N) is 2. The number of hydrogen-bond donors (Lipinski definition) is 7. The Hall–Kier alpha value is -3.15. The number of nitrogens with zero attached hydrogens (tertiary/aromatic N) is 3. The van der Waals surface area contributed by atoms with Crippen molar-refractivity contribution in [3.05, 3.63) is 32.4 Å². The molecule has 13 nitrogen and oxygen atoms in total. The molecule has 0 spiro atoms. The molecule has 0 saturated carbocycles. The number of amides is 2. The molecule has 0 bridgehead atoms. The summed E-state index contributed by atoms with van der Waals surface area (Å²) in [5.74, 6) is -3.48. The van der Waals surface area contributed by atoms with Gasteiger partial charge in [0.2, 0.25) is 5.13 Å². The summed E-state index contributed by atoms with van der Waals surface area (Å²) in [7, 11) is 0. The van der Waals surface area contributed by atoms with Gasteiger partial charge in [0.15, 0.2) is 10.8 Å². The Balaban J connectivity index is 1.80. The van der Waals surface area contributed by atoms with E-state index in [0.29, 0.717) is 11.3 Å². The van der Waals surface area contributed by atoms with Crippen molar-refractivity contribution >= 4 is 69.3 Å². The Morgan fingerprint density at radius 1 is 1.48 bits per heavy atom. The van der Waals surface area contributed by atoms with Gasteiger partial charge in [0.1, 0.15) is 28.6 Å². The van der Waals surface area contributed by atoms with Gasteiger partial charge in [-0.1, -0.05) is 28.3 Å². The molecule has 0 radical (unpaired) electrons. The van der Waals surface area contributed by atoms with Gasteiger partial charge >= 0.3 is 5.97 Å². The van der Waals surface area contributed by atoms with E-state index in [4.69, 9.17) is 22.1 Å². The maximum absolute atomic E-state index is 13.9. The number of thioether (sulfide) groups is 2. The maximum Gasteiger partial charge on any atom is 0.353 e. The number of rotatable bonds is 8. The van der Waals surface area contributed by atoms with Crippen LogP contribution in [0.25, 0.3) is 0 Å². The molecule has 3 heterocycles. The molecule has 2 aliphatic rings. The van der Waals surface area contributed by atoms with E-state index in [1.807, 2.05) is 0 Å². The number of halogens is 1. The lowest BCUT2D eigenvalue weighted by atomic mass is 10.0. The highest BCUT2D eigenvalue weighted by Gasteiger charge is 2.54. The molecule has 0 aromatic carbocycles. The first-order chi connectivity index (χ1) is 15.6. The Labute approximate surface area is 196 Å². The molecule has 17 heteroatoms. The average Bonchev–Trinajstić information content (AvgIpc) is 3.09. The number of nitrogens with two attached hydrogens (primary N) is 2. The number of fused-ring (bicyclic) bond motifs is 1. The molecular formula is C16H16FN7O6S3. The molecule has 1 aromatic heterocycles. The minimum atomic E-state index is -1.39. The van der Waals surface area contributed by atoms with E-state index >= 15 is 0 Å². The number of carbonyl (C=O) groups is 3. The molecule has 2 aliphatic heterocycles. The first-order valence-corrected chi connectivity index (χ1v) is 11.5. The third-order valence-corrected chi connectivity index (χ3v) is 7.58. The molecule has 0 aliphatic carbocycles. The molecule has 2 atom stereocenters. The van der Waals surface area contributed by atoms with E-state index in [1.54, 1.807) is 0 Å². The zero-order valence-corrected chi connectivity index (χ0v) is 18.8. The number of thiazole rings is 1. The monoisotopic (exact) mass is 517 g/mol. The van der Waals surface area contributed by atoms with Gasteiger partial charge < -0.3 is 32.2 Å². The number of carboxylic acid groups (broad SMARTS) is 1. The number of aliphatic hydroxyl groups excluding tert-OH is 1. The van der Waals surface area contributed by atoms with Crippen molar-refractivity contribution in [1.29, 1.82) is 5.41 Å². The van der Waals surface area contributed by atoms with Crippen LogP contribution >= 0.6 is 34.9 Å². The highest BCUT2D eigenvalue weighted by Crippen LogP contribution is 2.43. The normalized spacial score (nSPS) is 20.9. The maximum atomic E-state index is 13.9. The van der Waals surface area contributed by atoms with E-state index in [2.05, 4.69) is 15.5 Å². The Kier molecular flexibility index (Phi) is 7.25. The lowest BCUT2D eigenvalue weighted by molar-refractivity contribution is -0.150. The molecule has 176 valence electrons. The molecule has 1 aromatic rings. The third kappa shape index (κ3) is 4.65. The fourth-order valence-electron chi connectivity index (χ4n) is 2.88. The van der Waals surface area contributed by atoms with Crippen molar-refractivity contribution in [2.24, 2.45) is 10.9 Å². The van der Waals surface area contributed by atoms with Gasteiger partial charge in [0.25, 0.3) is 11.8 Å². The lowest BCUT2D eigenvalue weighted by Crippen LogP contribution is -2.71. The van der Waals surface area contributed by atoms with Crippen LogP contribution in [0.5, 0.6) is 0 Å². The Morgan fingerprint density at radius 3 is 2.70 bits per heavy atom. The number of amidine groups is 1. The van der Waals surface area contributed by atoms with Crippen molar-refractivity contribution in [3.63, 3.8) is 0 Å². The first kappa shape index (κ1) is 24.5. The van der Waals surface area contributed by atoms with Crippen LogP contribution in [0.3, 0.4) is 0 Å². The molecular weight excluding hydrogens is 501 g/mol. The number of hydrogen-bond acceptors (Lipinski definition) is 12. The van der Waals surface area contributed by atoms with Crippen molar-refractivity contribution in [2.75, 3.05) is 18.1 Å². The number of oxime groups is 1. The van der Waals surface area contributed by atoms with Crippen LogP contribution in [0, 0.1) is 10.5 Å². The second-order valence-corrected chi connectivity index (χ2v) is 9.44. The number of nitrogen functional groups attached to an aromatic ring is 1. The predicted octanol–water partition coefficient (Wildman–Crippen LogP) is -0.716. The smallest absolute Gasteiger partial charge is 0.353 e. The number of aliphatic carboxylic acids is 1. The molecule has 1 saturated heterocycles. The molecule has 3 rings (SSSR count). The fourth-order valence-corrected chi connectivity index (χ4v) is 5.90. The van der Waals surface area contributed by atoms with Crippen LogP contribution in [-0.2, 0) is 14.4 Å². The fraction of sp³-hybridized carbons (Fsp3) is 0.250. The van der Waals surface area contributed by atoms with Gasteiger partial charge in [-0.05, 0) is 5.41 Å². The highest BCUT2D eigenvalue weighted by atomic mass is 32.2. The van der Waals surface area contributed by atoms with Gasteiger partial charge in [0, 0.05) is 16.2 Å². The van der Waals surface area contributed by atoms with Gasteiger partial charge in [-0.2, -0.15) is 4.39 Å². The molecule has 2 amide bonds. The quantitative estimate of drug-likeness (QED) is 0.0748. The summed E-state index contributed by atoms with van der Waals surface area (Å²) in [5.41, 5.74) is 9.10. The van der Waals surface area contributed by atoms with Crippen molar-refractivity contribution < 1.29 is 34.2 Å². The predicted molar refractivity (Wildman–Crippen MR) is 119 cm³/mol. The van der Waals surface area contributed by atoms with Gasteiger partial charge in [0.05, 0.1) is 6.61 Å². The zero-order valence-electron chi connectivity index (χ0n) is 16.3. The van der Waals surface area contributed by atoms with E-state index in [1.165, 1.54) is 5.41 Å². The molecule has 1 unspecified atom stereocenters. The lowest BCUT2D eigenvalue weighted by Gasteiger charge is -2.49.